The number of carbonyl (C=O) groups is 2. The van der Waals surface area contributed by atoms with Gasteiger partial charge in [0.05, 0.1) is 16.2 Å². The molecule has 27 heavy (non-hydrogen) atoms. The molecule has 0 radical (unpaired) electrons. The minimum atomic E-state index is -3.47. The van der Waals surface area contributed by atoms with E-state index in [1.807, 2.05) is 11.4 Å². The van der Waals surface area contributed by atoms with Gasteiger partial charge in [-0.05, 0) is 48.6 Å². The standard InChI is InChI=1S/C19H23NO4S3/c1-12(2)10-27(23,24)11-16(21)20-19-17(18(22)15-8-5-9-25-15)13-6-3-4-7-14(13)26-19/h5,8-9,12H,3-4,6-7,10-11H2,1-2H3,(H,20,21). The molecule has 8 heteroatoms. The number of ketones is 1. The van der Waals surface area contributed by atoms with Gasteiger partial charge < -0.3 is 5.32 Å². The summed E-state index contributed by atoms with van der Waals surface area (Å²) in [6.07, 6.45) is 3.80. The number of sulfone groups is 1. The van der Waals surface area contributed by atoms with E-state index < -0.39 is 21.5 Å². The molecule has 0 spiro atoms. The van der Waals surface area contributed by atoms with E-state index in [9.17, 15) is 18.0 Å². The second kappa shape index (κ2) is 8.24. The first kappa shape index (κ1) is 20.2. The van der Waals surface area contributed by atoms with Crippen LogP contribution in [0.5, 0.6) is 0 Å². The van der Waals surface area contributed by atoms with E-state index >= 15 is 0 Å². The third-order valence-corrected chi connectivity index (χ3v) is 8.29. The molecule has 0 unspecified atom stereocenters. The minimum Gasteiger partial charge on any atom is -0.316 e. The Morgan fingerprint density at radius 3 is 2.63 bits per heavy atom. The highest BCUT2D eigenvalue weighted by Gasteiger charge is 2.28. The number of amides is 1. The number of thiophene rings is 2. The van der Waals surface area contributed by atoms with Gasteiger partial charge in [-0.25, -0.2) is 8.42 Å². The van der Waals surface area contributed by atoms with Crippen molar-refractivity contribution in [2.24, 2.45) is 5.92 Å². The quantitative estimate of drug-likeness (QED) is 0.682. The number of hydrogen-bond donors (Lipinski definition) is 1. The van der Waals surface area contributed by atoms with E-state index in [0.717, 1.165) is 36.1 Å². The molecule has 0 aliphatic heterocycles. The summed E-state index contributed by atoms with van der Waals surface area (Å²) < 4.78 is 24.2. The third kappa shape index (κ3) is 4.86. The van der Waals surface area contributed by atoms with Crippen LogP contribution in [0.3, 0.4) is 0 Å². The molecule has 0 saturated carbocycles. The largest absolute Gasteiger partial charge is 0.316 e. The van der Waals surface area contributed by atoms with Crippen LogP contribution in [-0.4, -0.2) is 31.6 Å². The predicted octanol–water partition coefficient (Wildman–Crippen LogP) is 3.93. The van der Waals surface area contributed by atoms with Gasteiger partial charge in [0, 0.05) is 4.88 Å². The van der Waals surface area contributed by atoms with Crippen LogP contribution in [0.2, 0.25) is 0 Å². The first-order valence-corrected chi connectivity index (χ1v) is 12.5. The summed E-state index contributed by atoms with van der Waals surface area (Å²) in [5.41, 5.74) is 1.57. The first-order valence-electron chi connectivity index (χ1n) is 9.00. The summed E-state index contributed by atoms with van der Waals surface area (Å²) >= 11 is 2.78. The number of rotatable bonds is 7. The summed E-state index contributed by atoms with van der Waals surface area (Å²) in [5, 5.41) is 5.06. The molecular formula is C19H23NO4S3. The molecule has 1 amide bonds. The second-order valence-corrected chi connectivity index (χ2v) is 11.4. The summed E-state index contributed by atoms with van der Waals surface area (Å²) in [7, 11) is -3.47. The van der Waals surface area contributed by atoms with Gasteiger partial charge in [0.15, 0.2) is 9.84 Å². The van der Waals surface area contributed by atoms with Crippen molar-refractivity contribution in [1.82, 2.24) is 0 Å². The van der Waals surface area contributed by atoms with Gasteiger partial charge in [0.25, 0.3) is 0 Å². The third-order valence-electron chi connectivity index (χ3n) is 4.33. The van der Waals surface area contributed by atoms with E-state index in [2.05, 4.69) is 5.32 Å². The Kier molecular flexibility index (Phi) is 6.18. The van der Waals surface area contributed by atoms with Gasteiger partial charge >= 0.3 is 0 Å². The maximum absolute atomic E-state index is 13.0. The summed E-state index contributed by atoms with van der Waals surface area (Å²) in [4.78, 5) is 27.2. The van der Waals surface area contributed by atoms with Crippen LogP contribution in [0, 0.1) is 5.92 Å². The maximum atomic E-state index is 13.0. The van der Waals surface area contributed by atoms with Crippen LogP contribution in [-0.2, 0) is 27.5 Å². The van der Waals surface area contributed by atoms with Gasteiger partial charge in [-0.1, -0.05) is 19.9 Å². The number of hydrogen-bond acceptors (Lipinski definition) is 6. The molecule has 1 aliphatic carbocycles. The van der Waals surface area contributed by atoms with Crippen LogP contribution >= 0.6 is 22.7 Å². The van der Waals surface area contributed by atoms with Crippen molar-refractivity contribution < 1.29 is 18.0 Å². The van der Waals surface area contributed by atoms with Gasteiger partial charge in [0.2, 0.25) is 11.7 Å². The summed E-state index contributed by atoms with van der Waals surface area (Å²) in [5.74, 6) is -1.28. The fraction of sp³-hybridized carbons (Fsp3) is 0.474. The lowest BCUT2D eigenvalue weighted by Gasteiger charge is -2.12. The van der Waals surface area contributed by atoms with Crippen molar-refractivity contribution in [1.29, 1.82) is 0 Å². The fourth-order valence-electron chi connectivity index (χ4n) is 3.35. The molecule has 1 aliphatic rings. The molecule has 1 N–H and O–H groups in total. The van der Waals surface area contributed by atoms with Crippen molar-refractivity contribution in [3.05, 3.63) is 38.4 Å². The Hall–Kier alpha value is -1.51. The zero-order chi connectivity index (χ0) is 19.6. The monoisotopic (exact) mass is 425 g/mol. The van der Waals surface area contributed by atoms with Crippen LogP contribution < -0.4 is 5.32 Å². The van der Waals surface area contributed by atoms with Gasteiger partial charge in [-0.15, -0.1) is 22.7 Å². The number of nitrogens with one attached hydrogen (secondary N) is 1. The lowest BCUT2D eigenvalue weighted by Crippen LogP contribution is -2.26. The Bertz CT molecular complexity index is 940. The molecule has 146 valence electrons. The number of fused-ring (bicyclic) bond motifs is 1. The minimum absolute atomic E-state index is 0.0255. The topological polar surface area (TPSA) is 80.3 Å². The molecule has 2 aromatic rings. The molecule has 0 aromatic carbocycles. The van der Waals surface area contributed by atoms with E-state index in [1.54, 1.807) is 19.9 Å². The zero-order valence-electron chi connectivity index (χ0n) is 15.4. The number of anilines is 1. The molecule has 0 saturated heterocycles. The van der Waals surface area contributed by atoms with Crippen LogP contribution in [0.4, 0.5) is 5.00 Å². The normalized spacial score (nSPS) is 14.2. The lowest BCUT2D eigenvalue weighted by molar-refractivity contribution is -0.113. The van der Waals surface area contributed by atoms with Crippen molar-refractivity contribution in [3.63, 3.8) is 0 Å². The summed E-state index contributed by atoms with van der Waals surface area (Å²) in [6, 6.07) is 3.60. The van der Waals surface area contributed by atoms with Crippen LogP contribution in [0.15, 0.2) is 17.5 Å². The van der Waals surface area contributed by atoms with E-state index in [-0.39, 0.29) is 17.5 Å². The molecule has 2 aromatic heterocycles. The van der Waals surface area contributed by atoms with Crippen molar-refractivity contribution in [3.8, 4) is 0 Å². The molecule has 0 bridgehead atoms. The molecule has 0 fully saturated rings. The van der Waals surface area contributed by atoms with Gasteiger partial charge in [0.1, 0.15) is 10.8 Å². The lowest BCUT2D eigenvalue weighted by atomic mass is 9.93. The second-order valence-electron chi connectivity index (χ2n) is 7.22. The molecule has 3 rings (SSSR count). The summed E-state index contributed by atoms with van der Waals surface area (Å²) in [6.45, 7) is 3.61. The number of carbonyl (C=O) groups excluding carboxylic acids is 2. The van der Waals surface area contributed by atoms with E-state index in [4.69, 9.17) is 0 Å². The van der Waals surface area contributed by atoms with Gasteiger partial charge in [-0.2, -0.15) is 0 Å². The van der Waals surface area contributed by atoms with E-state index in [0.29, 0.717) is 15.4 Å². The average molecular weight is 426 g/mol. The predicted molar refractivity (Wildman–Crippen MR) is 111 cm³/mol. The number of aryl methyl sites for hydroxylation is 1. The Morgan fingerprint density at radius 2 is 1.96 bits per heavy atom. The first-order chi connectivity index (χ1) is 12.8. The van der Waals surface area contributed by atoms with Crippen molar-refractivity contribution in [2.45, 2.75) is 39.5 Å². The Labute approximate surface area is 167 Å². The molecular weight excluding hydrogens is 402 g/mol. The fourth-order valence-corrected chi connectivity index (χ4v) is 6.93. The smallest absolute Gasteiger partial charge is 0.240 e. The van der Waals surface area contributed by atoms with Crippen LogP contribution in [0.25, 0.3) is 0 Å². The highest BCUT2D eigenvalue weighted by atomic mass is 32.2. The Balaban J connectivity index is 1.88. The highest BCUT2D eigenvalue weighted by molar-refractivity contribution is 7.92. The maximum Gasteiger partial charge on any atom is 0.240 e. The van der Waals surface area contributed by atoms with Crippen molar-refractivity contribution in [2.75, 3.05) is 16.8 Å². The van der Waals surface area contributed by atoms with E-state index in [1.165, 1.54) is 22.7 Å². The Morgan fingerprint density at radius 1 is 1.22 bits per heavy atom. The SMILES string of the molecule is CC(C)CS(=O)(=O)CC(=O)Nc1sc2c(c1C(=O)c1cccs1)CCCC2. The average Bonchev–Trinajstić information content (AvgIpc) is 3.19. The van der Waals surface area contributed by atoms with Crippen molar-refractivity contribution >= 4 is 49.2 Å². The molecule has 5 nitrogen and oxygen atoms in total. The van der Waals surface area contributed by atoms with Gasteiger partial charge in [-0.3, -0.25) is 9.59 Å². The zero-order valence-corrected chi connectivity index (χ0v) is 17.9. The molecule has 0 atom stereocenters. The van der Waals surface area contributed by atoms with Crippen LogP contribution in [0.1, 0.15) is 52.4 Å². The molecule has 2 heterocycles. The highest BCUT2D eigenvalue weighted by Crippen LogP contribution is 2.39.